The van der Waals surface area contributed by atoms with Crippen LogP contribution in [-0.2, 0) is 4.79 Å². The number of carbonyl (C=O) groups is 1. The molecule has 0 amide bonds. The van der Waals surface area contributed by atoms with Gasteiger partial charge in [0.05, 0.1) is 19.5 Å². The third-order valence-corrected chi connectivity index (χ3v) is 6.56. The average Bonchev–Trinajstić information content (AvgIpc) is 2.84. The van der Waals surface area contributed by atoms with E-state index >= 15 is 0 Å². The van der Waals surface area contributed by atoms with E-state index in [1.165, 1.54) is 0 Å². The molecule has 0 aromatic heterocycles. The summed E-state index contributed by atoms with van der Waals surface area (Å²) in [6.07, 6.45) is 2.99. The molecule has 1 unspecified atom stereocenters. The van der Waals surface area contributed by atoms with Gasteiger partial charge in [-0.15, -0.1) is 11.8 Å². The van der Waals surface area contributed by atoms with Gasteiger partial charge in [0, 0.05) is 10.5 Å². The number of benzene rings is 3. The Morgan fingerprint density at radius 1 is 0.767 bits per heavy atom. The normalized spacial score (nSPS) is 16.1. The number of allylic oxidation sites excluding steroid dienone is 2. The van der Waals surface area contributed by atoms with Crippen LogP contribution in [0.2, 0.25) is 0 Å². The molecule has 3 aromatic rings. The van der Waals surface area contributed by atoms with Crippen molar-refractivity contribution < 1.29 is 14.3 Å². The fourth-order valence-electron chi connectivity index (χ4n) is 3.49. The standard InChI is InChI=1S/C26H22O3S/c1-28-22-12-8-18(9-13-22)24-16-21(17-27)25(19-6-4-3-5-7-19)30-26(24)20-10-14-23(29-2)15-11-20/h3-17,25H,1-2H3. The van der Waals surface area contributed by atoms with Crippen molar-refractivity contribution in [2.24, 2.45) is 0 Å². The number of methoxy groups -OCH3 is 2. The molecule has 1 aliphatic heterocycles. The number of rotatable bonds is 6. The quantitative estimate of drug-likeness (QED) is 0.451. The maximum Gasteiger partial charge on any atom is 0.147 e. The summed E-state index contributed by atoms with van der Waals surface area (Å²) >= 11 is 1.70. The lowest BCUT2D eigenvalue weighted by atomic mass is 9.96. The average molecular weight is 415 g/mol. The van der Waals surface area contributed by atoms with Gasteiger partial charge in [-0.25, -0.2) is 0 Å². The van der Waals surface area contributed by atoms with Crippen LogP contribution < -0.4 is 9.47 Å². The number of ether oxygens (including phenoxy) is 2. The van der Waals surface area contributed by atoms with E-state index in [0.29, 0.717) is 0 Å². The maximum absolute atomic E-state index is 12.0. The SMILES string of the molecule is COc1ccc(C2=C(c3ccc(OC)cc3)SC(c3ccccc3)C(C=O)=C2)cc1. The molecular formula is C26H22O3S. The fraction of sp³-hybridized carbons (Fsp3) is 0.115. The van der Waals surface area contributed by atoms with Crippen molar-refractivity contribution in [3.63, 3.8) is 0 Å². The van der Waals surface area contributed by atoms with Crippen LogP contribution in [-0.4, -0.2) is 20.5 Å². The van der Waals surface area contributed by atoms with Crippen LogP contribution in [0.1, 0.15) is 21.9 Å². The molecule has 0 spiro atoms. The van der Waals surface area contributed by atoms with Gasteiger partial charge in [-0.3, -0.25) is 4.79 Å². The second-order valence-corrected chi connectivity index (χ2v) is 7.99. The number of aldehydes is 1. The Morgan fingerprint density at radius 2 is 1.33 bits per heavy atom. The minimum absolute atomic E-state index is 0.0530. The third kappa shape index (κ3) is 4.05. The first kappa shape index (κ1) is 20.0. The van der Waals surface area contributed by atoms with Crippen LogP contribution in [0.3, 0.4) is 0 Å². The van der Waals surface area contributed by atoms with E-state index in [-0.39, 0.29) is 5.25 Å². The Bertz CT molecular complexity index is 1080. The van der Waals surface area contributed by atoms with Crippen molar-refractivity contribution in [2.75, 3.05) is 14.2 Å². The van der Waals surface area contributed by atoms with Crippen LogP contribution in [0.4, 0.5) is 0 Å². The molecule has 0 aliphatic carbocycles. The molecule has 4 rings (SSSR count). The van der Waals surface area contributed by atoms with Crippen molar-refractivity contribution >= 4 is 28.5 Å². The third-order valence-electron chi connectivity index (χ3n) is 5.09. The van der Waals surface area contributed by atoms with Gasteiger partial charge in [0.25, 0.3) is 0 Å². The molecule has 1 atom stereocenters. The lowest BCUT2D eigenvalue weighted by molar-refractivity contribution is -0.105. The van der Waals surface area contributed by atoms with E-state index in [1.807, 2.05) is 60.7 Å². The highest BCUT2D eigenvalue weighted by Crippen LogP contribution is 2.51. The first-order valence-electron chi connectivity index (χ1n) is 9.65. The highest BCUT2D eigenvalue weighted by molar-refractivity contribution is 8.09. The number of carbonyl (C=O) groups excluding carboxylic acids is 1. The van der Waals surface area contributed by atoms with E-state index in [4.69, 9.17) is 9.47 Å². The van der Waals surface area contributed by atoms with Crippen molar-refractivity contribution in [1.29, 1.82) is 0 Å². The molecule has 1 aliphatic rings. The molecule has 0 N–H and O–H groups in total. The van der Waals surface area contributed by atoms with Crippen LogP contribution in [0.15, 0.2) is 90.5 Å². The molecular weight excluding hydrogens is 392 g/mol. The van der Waals surface area contributed by atoms with E-state index in [1.54, 1.807) is 26.0 Å². The Labute approximate surface area is 181 Å². The minimum atomic E-state index is -0.0530. The summed E-state index contributed by atoms with van der Waals surface area (Å²) < 4.78 is 10.6. The monoisotopic (exact) mass is 414 g/mol. The van der Waals surface area contributed by atoms with Crippen LogP contribution >= 0.6 is 11.8 Å². The summed E-state index contributed by atoms with van der Waals surface area (Å²) in [6.45, 7) is 0. The zero-order valence-corrected chi connectivity index (χ0v) is 17.7. The highest BCUT2D eigenvalue weighted by Gasteiger charge is 2.27. The molecule has 0 fully saturated rings. The molecule has 150 valence electrons. The maximum atomic E-state index is 12.0. The van der Waals surface area contributed by atoms with E-state index in [0.717, 1.165) is 50.5 Å². The summed E-state index contributed by atoms with van der Waals surface area (Å²) in [5, 5.41) is -0.0530. The molecule has 0 saturated carbocycles. The molecule has 4 heteroatoms. The minimum Gasteiger partial charge on any atom is -0.497 e. The molecule has 0 saturated heterocycles. The Balaban J connectivity index is 1.86. The Morgan fingerprint density at radius 3 is 1.87 bits per heavy atom. The Kier molecular flexibility index (Phi) is 6.05. The van der Waals surface area contributed by atoms with Crippen LogP contribution in [0.25, 0.3) is 10.5 Å². The molecule has 0 radical (unpaired) electrons. The fourth-order valence-corrected chi connectivity index (χ4v) is 4.86. The summed E-state index contributed by atoms with van der Waals surface area (Å²) in [7, 11) is 3.32. The predicted molar refractivity (Wildman–Crippen MR) is 124 cm³/mol. The van der Waals surface area contributed by atoms with Crippen LogP contribution in [0, 0.1) is 0 Å². The van der Waals surface area contributed by atoms with Gasteiger partial charge in [0.1, 0.15) is 17.8 Å². The predicted octanol–water partition coefficient (Wildman–Crippen LogP) is 6.19. The molecule has 3 nitrogen and oxygen atoms in total. The van der Waals surface area contributed by atoms with Crippen LogP contribution in [0.5, 0.6) is 11.5 Å². The summed E-state index contributed by atoms with van der Waals surface area (Å²) in [4.78, 5) is 13.1. The van der Waals surface area contributed by atoms with Gasteiger partial charge in [0.2, 0.25) is 0 Å². The molecule has 0 bridgehead atoms. The first-order valence-corrected chi connectivity index (χ1v) is 10.5. The topological polar surface area (TPSA) is 35.5 Å². The molecule has 1 heterocycles. The lowest BCUT2D eigenvalue weighted by Crippen LogP contribution is -2.06. The lowest BCUT2D eigenvalue weighted by Gasteiger charge is -2.26. The van der Waals surface area contributed by atoms with E-state index in [2.05, 4.69) is 24.3 Å². The second-order valence-electron chi connectivity index (χ2n) is 6.87. The van der Waals surface area contributed by atoms with Gasteiger partial charge in [-0.2, -0.15) is 0 Å². The second kappa shape index (κ2) is 9.06. The smallest absolute Gasteiger partial charge is 0.147 e. The van der Waals surface area contributed by atoms with E-state index < -0.39 is 0 Å². The highest BCUT2D eigenvalue weighted by atomic mass is 32.2. The zero-order valence-electron chi connectivity index (χ0n) is 16.9. The largest absolute Gasteiger partial charge is 0.497 e. The van der Waals surface area contributed by atoms with Gasteiger partial charge in [-0.05, 0) is 52.6 Å². The summed E-state index contributed by atoms with van der Waals surface area (Å²) in [6, 6.07) is 26.1. The van der Waals surface area contributed by atoms with Crippen molar-refractivity contribution in [3.05, 3.63) is 107 Å². The van der Waals surface area contributed by atoms with Gasteiger partial charge < -0.3 is 9.47 Å². The summed E-state index contributed by atoms with van der Waals surface area (Å²) in [5.41, 5.74) is 5.03. The van der Waals surface area contributed by atoms with Crippen molar-refractivity contribution in [2.45, 2.75) is 5.25 Å². The summed E-state index contributed by atoms with van der Waals surface area (Å²) in [5.74, 6) is 1.62. The van der Waals surface area contributed by atoms with Gasteiger partial charge in [-0.1, -0.05) is 54.6 Å². The van der Waals surface area contributed by atoms with Gasteiger partial charge in [0.15, 0.2) is 0 Å². The first-order chi connectivity index (χ1) is 14.7. The number of hydrogen-bond acceptors (Lipinski definition) is 4. The number of hydrogen-bond donors (Lipinski definition) is 0. The zero-order chi connectivity index (χ0) is 20.9. The number of thioether (sulfide) groups is 1. The molecule has 30 heavy (non-hydrogen) atoms. The Hall–Kier alpha value is -3.24. The van der Waals surface area contributed by atoms with Crippen molar-refractivity contribution in [1.82, 2.24) is 0 Å². The van der Waals surface area contributed by atoms with Gasteiger partial charge >= 0.3 is 0 Å². The van der Waals surface area contributed by atoms with E-state index in [9.17, 15) is 4.79 Å². The molecule has 3 aromatic carbocycles. The van der Waals surface area contributed by atoms with Crippen molar-refractivity contribution in [3.8, 4) is 11.5 Å².